The molecular weight excluding hydrogens is 509 g/mol. The molecule has 0 spiro atoms. The number of fused-ring (bicyclic) bond motifs is 1. The summed E-state index contributed by atoms with van der Waals surface area (Å²) in [6.45, 7) is 3.78. The zero-order chi connectivity index (χ0) is 27.0. The van der Waals surface area contributed by atoms with Crippen LogP contribution < -0.4 is 15.6 Å². The van der Waals surface area contributed by atoms with Gasteiger partial charge in [0, 0.05) is 44.7 Å². The molecule has 0 unspecified atom stereocenters. The summed E-state index contributed by atoms with van der Waals surface area (Å²) in [4.78, 5) is 31.1. The van der Waals surface area contributed by atoms with Gasteiger partial charge in [0.05, 0.1) is 32.9 Å². The molecule has 3 aromatic rings. The molecule has 2 aliphatic carbocycles. The fourth-order valence-electron chi connectivity index (χ4n) is 5.29. The number of carbonyl (C=O) groups excluding carboxylic acids is 1. The van der Waals surface area contributed by atoms with Crippen molar-refractivity contribution in [1.29, 1.82) is 0 Å². The van der Waals surface area contributed by atoms with Crippen molar-refractivity contribution < 1.29 is 23.4 Å². The molecule has 2 fully saturated rings. The molecule has 2 saturated carbocycles. The summed E-state index contributed by atoms with van der Waals surface area (Å²) in [7, 11) is 3.36. The number of amides is 1. The first kappa shape index (κ1) is 26.8. The fraction of sp³-hybridized carbons (Fsp3) is 0.536. The van der Waals surface area contributed by atoms with E-state index < -0.39 is 23.7 Å². The topological polar surface area (TPSA) is 91.7 Å². The normalized spacial score (nSPS) is 23.2. The molecule has 204 valence electrons. The van der Waals surface area contributed by atoms with Gasteiger partial charge in [-0.05, 0) is 57.7 Å². The van der Waals surface area contributed by atoms with Crippen LogP contribution in [0.3, 0.4) is 0 Å². The van der Waals surface area contributed by atoms with E-state index in [2.05, 4.69) is 5.32 Å². The smallest absolute Gasteiger partial charge is 0.274 e. The maximum atomic E-state index is 13.6. The molecule has 38 heavy (non-hydrogen) atoms. The van der Waals surface area contributed by atoms with Gasteiger partial charge >= 0.3 is 0 Å². The van der Waals surface area contributed by atoms with Crippen LogP contribution in [0.1, 0.15) is 73.3 Å². The van der Waals surface area contributed by atoms with Gasteiger partial charge in [0.1, 0.15) is 17.6 Å². The Morgan fingerprint density at radius 1 is 1.18 bits per heavy atom. The minimum atomic E-state index is -1.02. The van der Waals surface area contributed by atoms with Crippen LogP contribution >= 0.6 is 11.3 Å². The number of hydrogen-bond donors (Lipinski definition) is 1. The molecule has 8 nitrogen and oxygen atoms in total. The Morgan fingerprint density at radius 3 is 2.53 bits per heavy atom. The average Bonchev–Trinajstić information content (AvgIpc) is 3.47. The minimum Gasteiger partial charge on any atom is -0.490 e. The standard InChI is InChI=1S/C28H34FN3O5S/c1-15(2)37-23-14-21-24(38-26(31-21)16-7-9-17(10-8-16)28(35-3)36-4)12-18(23)25(33)30-20-6-5-11-32(27(20)34)22-13-19(22)29/h5-6,11-12,14-17,19,22,28H,7-10,13H2,1-4H3,(H,30,33)/t16?,17?,19-,22+/m1/s1. The first-order chi connectivity index (χ1) is 18.3. The van der Waals surface area contributed by atoms with Gasteiger partial charge in [0.25, 0.3) is 11.5 Å². The largest absolute Gasteiger partial charge is 0.490 e. The van der Waals surface area contributed by atoms with Crippen LogP contribution in [0.4, 0.5) is 10.1 Å². The van der Waals surface area contributed by atoms with E-state index in [-0.39, 0.29) is 18.1 Å². The Kier molecular flexibility index (Phi) is 7.83. The predicted octanol–water partition coefficient (Wildman–Crippen LogP) is 5.67. The van der Waals surface area contributed by atoms with E-state index in [0.29, 0.717) is 29.6 Å². The van der Waals surface area contributed by atoms with Crippen molar-refractivity contribution in [2.24, 2.45) is 5.92 Å². The van der Waals surface area contributed by atoms with Gasteiger partial charge < -0.3 is 24.1 Å². The molecule has 0 radical (unpaired) electrons. The zero-order valence-electron chi connectivity index (χ0n) is 22.1. The summed E-state index contributed by atoms with van der Waals surface area (Å²) in [6, 6.07) is 6.31. The van der Waals surface area contributed by atoms with Gasteiger partial charge in [0.15, 0.2) is 6.29 Å². The summed E-state index contributed by atoms with van der Waals surface area (Å²) in [6.07, 6.45) is 4.50. The number of halogens is 1. The van der Waals surface area contributed by atoms with Crippen LogP contribution in [0.15, 0.2) is 35.3 Å². The number of carbonyl (C=O) groups is 1. The molecule has 0 aliphatic heterocycles. The molecule has 1 amide bonds. The van der Waals surface area contributed by atoms with Gasteiger partial charge in [-0.15, -0.1) is 11.3 Å². The molecule has 2 aromatic heterocycles. The molecule has 10 heteroatoms. The first-order valence-electron chi connectivity index (χ1n) is 13.1. The van der Waals surface area contributed by atoms with Crippen molar-refractivity contribution in [2.75, 3.05) is 19.5 Å². The van der Waals surface area contributed by atoms with E-state index in [9.17, 15) is 14.0 Å². The van der Waals surface area contributed by atoms with Crippen LogP contribution in [0.2, 0.25) is 0 Å². The highest BCUT2D eigenvalue weighted by Crippen LogP contribution is 2.42. The van der Waals surface area contributed by atoms with Crippen LogP contribution in [0.5, 0.6) is 5.75 Å². The maximum absolute atomic E-state index is 13.6. The van der Waals surface area contributed by atoms with Crippen molar-refractivity contribution in [2.45, 2.75) is 76.5 Å². The second kappa shape index (κ2) is 11.1. The number of ether oxygens (including phenoxy) is 3. The number of thiazole rings is 1. The number of rotatable bonds is 9. The third-order valence-electron chi connectivity index (χ3n) is 7.35. The van der Waals surface area contributed by atoms with Gasteiger partial charge in [-0.1, -0.05) is 0 Å². The molecule has 0 saturated heterocycles. The summed E-state index contributed by atoms with van der Waals surface area (Å²) >= 11 is 1.59. The lowest BCUT2D eigenvalue weighted by atomic mass is 9.82. The zero-order valence-corrected chi connectivity index (χ0v) is 22.9. The van der Waals surface area contributed by atoms with Gasteiger partial charge in [-0.3, -0.25) is 9.59 Å². The fourth-order valence-corrected chi connectivity index (χ4v) is 6.45. The van der Waals surface area contributed by atoms with Gasteiger partial charge in [0.2, 0.25) is 0 Å². The molecule has 2 atom stereocenters. The summed E-state index contributed by atoms with van der Waals surface area (Å²) in [5.74, 6) is 0.672. The predicted molar refractivity (Wildman–Crippen MR) is 145 cm³/mol. The highest BCUT2D eigenvalue weighted by Gasteiger charge is 2.40. The van der Waals surface area contributed by atoms with Crippen molar-refractivity contribution in [1.82, 2.24) is 9.55 Å². The lowest BCUT2D eigenvalue weighted by molar-refractivity contribution is -0.144. The third-order valence-corrected chi connectivity index (χ3v) is 8.53. The second-order valence-electron chi connectivity index (χ2n) is 10.4. The van der Waals surface area contributed by atoms with Crippen molar-refractivity contribution in [3.8, 4) is 5.75 Å². The Bertz CT molecular complexity index is 1360. The number of aromatic nitrogens is 2. The summed E-state index contributed by atoms with van der Waals surface area (Å²) < 4.78 is 32.7. The van der Waals surface area contributed by atoms with E-state index in [0.717, 1.165) is 40.9 Å². The molecule has 1 aromatic carbocycles. The Balaban J connectivity index is 1.39. The maximum Gasteiger partial charge on any atom is 0.274 e. The molecule has 0 bridgehead atoms. The van der Waals surface area contributed by atoms with Crippen LogP contribution in [-0.2, 0) is 9.47 Å². The monoisotopic (exact) mass is 543 g/mol. The Hall–Kier alpha value is -2.82. The van der Waals surface area contributed by atoms with E-state index in [1.807, 2.05) is 19.9 Å². The van der Waals surface area contributed by atoms with E-state index in [1.54, 1.807) is 43.9 Å². The van der Waals surface area contributed by atoms with Crippen molar-refractivity contribution in [3.63, 3.8) is 0 Å². The van der Waals surface area contributed by atoms with Crippen LogP contribution in [0, 0.1) is 5.92 Å². The van der Waals surface area contributed by atoms with E-state index in [1.165, 1.54) is 10.6 Å². The Labute approximate surface area is 225 Å². The lowest BCUT2D eigenvalue weighted by Crippen LogP contribution is -2.28. The van der Waals surface area contributed by atoms with Crippen LogP contribution in [-0.4, -0.2) is 48.2 Å². The summed E-state index contributed by atoms with van der Waals surface area (Å²) in [5, 5.41) is 3.78. The van der Waals surface area contributed by atoms with Crippen molar-refractivity contribution >= 4 is 33.1 Å². The summed E-state index contributed by atoms with van der Waals surface area (Å²) in [5.41, 5.74) is 0.811. The molecular formula is C28H34FN3O5S. The lowest BCUT2D eigenvalue weighted by Gasteiger charge is -2.31. The van der Waals surface area contributed by atoms with Crippen LogP contribution in [0.25, 0.3) is 10.2 Å². The number of hydrogen-bond acceptors (Lipinski definition) is 7. The highest BCUT2D eigenvalue weighted by molar-refractivity contribution is 7.18. The van der Waals surface area contributed by atoms with E-state index in [4.69, 9.17) is 19.2 Å². The molecule has 2 heterocycles. The molecule has 2 aliphatic rings. The SMILES string of the molecule is COC(OC)C1CCC(c2nc3cc(OC(C)C)c(C(=O)Nc4cccn([C@H]5C[C@H]5F)c4=O)cc3s2)CC1. The van der Waals surface area contributed by atoms with Gasteiger partial charge in [-0.25, -0.2) is 9.37 Å². The Morgan fingerprint density at radius 2 is 1.89 bits per heavy atom. The number of nitrogens with zero attached hydrogens (tertiary/aromatic N) is 2. The first-order valence-corrected chi connectivity index (χ1v) is 13.9. The highest BCUT2D eigenvalue weighted by atomic mass is 32.1. The third kappa shape index (κ3) is 5.48. The van der Waals surface area contributed by atoms with Gasteiger partial charge in [-0.2, -0.15) is 0 Å². The number of methoxy groups -OCH3 is 2. The number of nitrogens with one attached hydrogen (secondary N) is 1. The number of benzene rings is 1. The number of pyridine rings is 1. The second-order valence-corrected chi connectivity index (χ2v) is 11.5. The minimum absolute atomic E-state index is 0.111. The van der Waals surface area contributed by atoms with E-state index >= 15 is 0 Å². The number of alkyl halides is 1. The molecule has 5 rings (SSSR count). The quantitative estimate of drug-likeness (QED) is 0.350. The molecule has 1 N–H and O–H groups in total. The number of anilines is 1. The average molecular weight is 544 g/mol. The van der Waals surface area contributed by atoms with Crippen molar-refractivity contribution in [3.05, 3.63) is 51.4 Å².